The monoisotopic (exact) mass is 397 g/mol. The summed E-state index contributed by atoms with van der Waals surface area (Å²) in [6, 6.07) is 7.42. The van der Waals surface area contributed by atoms with Gasteiger partial charge in [-0.3, -0.25) is 4.79 Å². The van der Waals surface area contributed by atoms with Crippen molar-refractivity contribution in [3.63, 3.8) is 0 Å². The van der Waals surface area contributed by atoms with E-state index in [9.17, 15) is 4.79 Å². The first-order valence-electron chi connectivity index (χ1n) is 8.82. The fraction of sp³-hybridized carbons (Fsp3) is 0.500. The first kappa shape index (κ1) is 20.7. The maximum atomic E-state index is 12.7. The maximum absolute atomic E-state index is 12.7. The minimum Gasteiger partial charge on any atom is -0.343 e. The third-order valence-electron chi connectivity index (χ3n) is 4.76. The van der Waals surface area contributed by atoms with Gasteiger partial charge in [0.2, 0.25) is 5.82 Å². The van der Waals surface area contributed by atoms with E-state index in [1.165, 1.54) is 0 Å². The van der Waals surface area contributed by atoms with E-state index < -0.39 is 0 Å². The molecule has 1 aliphatic rings. The van der Waals surface area contributed by atoms with E-state index >= 15 is 0 Å². The molecule has 1 saturated carbocycles. The molecule has 3 N–H and O–H groups in total. The molecule has 0 radical (unpaired) electrons. The number of aromatic nitrogens is 3. The Morgan fingerprint density at radius 2 is 2.04 bits per heavy atom. The largest absolute Gasteiger partial charge is 0.343 e. The predicted octanol–water partition coefficient (Wildman–Crippen LogP) is 3.30. The minimum absolute atomic E-state index is 0. The zero-order chi connectivity index (χ0) is 17.9. The molecular formula is C18H25Cl2N5O. The van der Waals surface area contributed by atoms with Crippen LogP contribution in [0.5, 0.6) is 0 Å². The number of nitrogens with one attached hydrogen (secondary N) is 1. The van der Waals surface area contributed by atoms with Gasteiger partial charge in [0.15, 0.2) is 0 Å². The van der Waals surface area contributed by atoms with Crippen LogP contribution in [0.25, 0.3) is 5.69 Å². The lowest BCUT2D eigenvalue weighted by atomic mass is 9.98. The van der Waals surface area contributed by atoms with Crippen LogP contribution in [-0.4, -0.2) is 32.8 Å². The third kappa shape index (κ3) is 4.19. The van der Waals surface area contributed by atoms with Crippen LogP contribution in [0.3, 0.4) is 0 Å². The SMILES string of the molecule is CCCc1nc(C(=O)NC2(CN)CCCC2)nn1-c1ccccc1Cl.Cl. The summed E-state index contributed by atoms with van der Waals surface area (Å²) in [5.74, 6) is 0.632. The van der Waals surface area contributed by atoms with Crippen molar-refractivity contribution in [3.8, 4) is 5.69 Å². The molecular weight excluding hydrogens is 373 g/mol. The average molecular weight is 398 g/mol. The zero-order valence-electron chi connectivity index (χ0n) is 14.9. The van der Waals surface area contributed by atoms with Gasteiger partial charge in [-0.2, -0.15) is 0 Å². The lowest BCUT2D eigenvalue weighted by molar-refractivity contribution is 0.0892. The number of rotatable bonds is 6. The Labute approximate surface area is 164 Å². The molecule has 1 aromatic heterocycles. The summed E-state index contributed by atoms with van der Waals surface area (Å²) in [5, 5.41) is 8.08. The Hall–Kier alpha value is -1.63. The number of nitrogens with two attached hydrogens (primary N) is 1. The van der Waals surface area contributed by atoms with Crippen LogP contribution >= 0.6 is 24.0 Å². The van der Waals surface area contributed by atoms with Crippen molar-refractivity contribution in [1.29, 1.82) is 0 Å². The van der Waals surface area contributed by atoms with Crippen LogP contribution in [0.1, 0.15) is 55.5 Å². The first-order valence-corrected chi connectivity index (χ1v) is 9.20. The highest BCUT2D eigenvalue weighted by Gasteiger charge is 2.35. The second kappa shape index (κ2) is 8.84. The van der Waals surface area contributed by atoms with Crippen LogP contribution < -0.4 is 11.1 Å². The zero-order valence-corrected chi connectivity index (χ0v) is 16.4. The number of nitrogens with zero attached hydrogens (tertiary/aromatic N) is 3. The number of carbonyl (C=O) groups is 1. The summed E-state index contributed by atoms with van der Waals surface area (Å²) >= 11 is 6.30. The highest BCUT2D eigenvalue weighted by Crippen LogP contribution is 2.29. The van der Waals surface area contributed by atoms with Crippen molar-refractivity contribution in [3.05, 3.63) is 40.9 Å². The van der Waals surface area contributed by atoms with Crippen molar-refractivity contribution in [2.45, 2.75) is 51.0 Å². The molecule has 1 aromatic carbocycles. The Morgan fingerprint density at radius 1 is 1.35 bits per heavy atom. The second-order valence-corrected chi connectivity index (χ2v) is 7.02. The topological polar surface area (TPSA) is 85.8 Å². The third-order valence-corrected chi connectivity index (χ3v) is 5.08. The van der Waals surface area contributed by atoms with E-state index in [2.05, 4.69) is 22.3 Å². The highest BCUT2D eigenvalue weighted by atomic mass is 35.5. The summed E-state index contributed by atoms with van der Waals surface area (Å²) in [6.07, 6.45) is 5.59. The number of benzene rings is 1. The molecule has 2 aromatic rings. The number of halogens is 2. The molecule has 1 heterocycles. The molecule has 0 unspecified atom stereocenters. The van der Waals surface area contributed by atoms with Gasteiger partial charge in [0.25, 0.3) is 5.91 Å². The molecule has 0 bridgehead atoms. The molecule has 0 atom stereocenters. The summed E-state index contributed by atoms with van der Waals surface area (Å²) in [7, 11) is 0. The lowest BCUT2D eigenvalue weighted by Gasteiger charge is -2.27. The number of carbonyl (C=O) groups excluding carboxylic acids is 1. The lowest BCUT2D eigenvalue weighted by Crippen LogP contribution is -2.51. The molecule has 1 amide bonds. The van der Waals surface area contributed by atoms with Crippen molar-refractivity contribution in [2.75, 3.05) is 6.54 Å². The summed E-state index contributed by atoms with van der Waals surface area (Å²) in [6.45, 7) is 2.50. The molecule has 0 aliphatic heterocycles. The van der Waals surface area contributed by atoms with Crippen LogP contribution in [0.4, 0.5) is 0 Å². The van der Waals surface area contributed by atoms with Crippen LogP contribution in [0.2, 0.25) is 5.02 Å². The smallest absolute Gasteiger partial charge is 0.291 e. The second-order valence-electron chi connectivity index (χ2n) is 6.61. The standard InChI is InChI=1S/C18H24ClN5O.ClH/c1-2-7-15-21-16(17(25)22-18(12-20)10-5-6-11-18)23-24(15)14-9-4-3-8-13(14)19;/h3-4,8-9H,2,5-7,10-12,20H2,1H3,(H,22,25);1H. The fourth-order valence-electron chi connectivity index (χ4n) is 3.37. The summed E-state index contributed by atoms with van der Waals surface area (Å²) in [5.41, 5.74) is 6.32. The van der Waals surface area contributed by atoms with Gasteiger partial charge >= 0.3 is 0 Å². The fourth-order valence-corrected chi connectivity index (χ4v) is 3.59. The highest BCUT2D eigenvalue weighted by molar-refractivity contribution is 6.32. The molecule has 1 aliphatic carbocycles. The van der Waals surface area contributed by atoms with Gasteiger partial charge in [-0.25, -0.2) is 9.67 Å². The van der Waals surface area contributed by atoms with Gasteiger partial charge in [-0.1, -0.05) is 43.5 Å². The molecule has 142 valence electrons. The molecule has 3 rings (SSSR count). The molecule has 0 saturated heterocycles. The minimum atomic E-state index is -0.322. The molecule has 6 nitrogen and oxygen atoms in total. The Morgan fingerprint density at radius 3 is 2.65 bits per heavy atom. The van der Waals surface area contributed by atoms with Gasteiger partial charge in [0, 0.05) is 13.0 Å². The van der Waals surface area contributed by atoms with Crippen LogP contribution in [0.15, 0.2) is 24.3 Å². The Bertz CT molecular complexity index is 756. The van der Waals surface area contributed by atoms with Gasteiger partial charge in [-0.05, 0) is 31.4 Å². The summed E-state index contributed by atoms with van der Waals surface area (Å²) in [4.78, 5) is 17.2. The maximum Gasteiger partial charge on any atom is 0.291 e. The van der Waals surface area contributed by atoms with E-state index in [-0.39, 0.29) is 29.7 Å². The Kier molecular flexibility index (Phi) is 7.03. The van der Waals surface area contributed by atoms with Crippen LogP contribution in [-0.2, 0) is 6.42 Å². The molecule has 0 spiro atoms. The molecule has 1 fully saturated rings. The summed E-state index contributed by atoms with van der Waals surface area (Å²) < 4.78 is 1.67. The van der Waals surface area contributed by atoms with E-state index in [1.54, 1.807) is 10.7 Å². The predicted molar refractivity (Wildman–Crippen MR) is 105 cm³/mol. The number of hydrogen-bond acceptors (Lipinski definition) is 4. The number of amides is 1. The van der Waals surface area contributed by atoms with Gasteiger partial charge in [-0.15, -0.1) is 17.5 Å². The van der Waals surface area contributed by atoms with Crippen molar-refractivity contribution in [1.82, 2.24) is 20.1 Å². The van der Waals surface area contributed by atoms with E-state index in [4.69, 9.17) is 17.3 Å². The average Bonchev–Trinajstić information content (AvgIpc) is 3.24. The Balaban J connectivity index is 0.00000243. The van der Waals surface area contributed by atoms with Crippen molar-refractivity contribution >= 4 is 29.9 Å². The van der Waals surface area contributed by atoms with Crippen LogP contribution in [0, 0.1) is 0 Å². The quantitative estimate of drug-likeness (QED) is 0.782. The van der Waals surface area contributed by atoms with Gasteiger partial charge < -0.3 is 11.1 Å². The molecule has 26 heavy (non-hydrogen) atoms. The van der Waals surface area contributed by atoms with Gasteiger partial charge in [0.05, 0.1) is 16.2 Å². The number of aryl methyl sites for hydroxylation is 1. The van der Waals surface area contributed by atoms with Crippen molar-refractivity contribution < 1.29 is 4.79 Å². The number of para-hydroxylation sites is 1. The molecule has 8 heteroatoms. The van der Waals surface area contributed by atoms with E-state index in [1.807, 2.05) is 18.2 Å². The van der Waals surface area contributed by atoms with E-state index in [0.29, 0.717) is 18.0 Å². The normalized spacial score (nSPS) is 15.5. The van der Waals surface area contributed by atoms with Gasteiger partial charge in [0.1, 0.15) is 5.82 Å². The van der Waals surface area contributed by atoms with E-state index in [0.717, 1.165) is 43.6 Å². The van der Waals surface area contributed by atoms with Crippen molar-refractivity contribution in [2.24, 2.45) is 5.73 Å². The first-order chi connectivity index (χ1) is 12.1. The number of hydrogen-bond donors (Lipinski definition) is 2.